The number of piperidine rings is 1. The van der Waals surface area contributed by atoms with Gasteiger partial charge < -0.3 is 4.90 Å². The fraction of sp³-hybridized carbons (Fsp3) is 0.286. The second kappa shape index (κ2) is 6.50. The maximum absolute atomic E-state index is 6.04. The Morgan fingerprint density at radius 1 is 1.00 bits per heavy atom. The molecule has 1 aliphatic rings. The molecule has 0 N–H and O–H groups in total. The van der Waals surface area contributed by atoms with Crippen molar-refractivity contribution in [2.24, 2.45) is 5.92 Å². The first-order valence-corrected chi connectivity index (χ1v) is 9.73. The van der Waals surface area contributed by atoms with Gasteiger partial charge >= 0.3 is 0 Å². The Morgan fingerprint density at radius 3 is 2.52 bits per heavy atom. The first-order chi connectivity index (χ1) is 13.2. The molecule has 3 heterocycles. The van der Waals surface area contributed by atoms with Crippen LogP contribution >= 0.6 is 11.6 Å². The molecule has 0 amide bonds. The van der Waals surface area contributed by atoms with Gasteiger partial charge in [-0.3, -0.25) is 0 Å². The van der Waals surface area contributed by atoms with Crippen molar-refractivity contribution in [3.05, 3.63) is 53.6 Å². The van der Waals surface area contributed by atoms with E-state index in [0.29, 0.717) is 5.02 Å². The molecule has 0 atom stereocenters. The minimum absolute atomic E-state index is 0.705. The van der Waals surface area contributed by atoms with Crippen LogP contribution in [0.25, 0.3) is 27.8 Å². The molecule has 5 nitrogen and oxygen atoms in total. The Kier molecular flexibility index (Phi) is 3.97. The number of hydrogen-bond acceptors (Lipinski definition) is 4. The quantitative estimate of drug-likeness (QED) is 0.501. The van der Waals surface area contributed by atoms with Gasteiger partial charge in [-0.25, -0.2) is 4.98 Å². The number of benzene rings is 2. The van der Waals surface area contributed by atoms with Gasteiger partial charge in [0.05, 0.1) is 5.52 Å². The van der Waals surface area contributed by atoms with Gasteiger partial charge in [0, 0.05) is 29.1 Å². The summed E-state index contributed by atoms with van der Waals surface area (Å²) >= 11 is 6.04. The molecule has 5 rings (SSSR count). The van der Waals surface area contributed by atoms with Crippen LogP contribution in [0.1, 0.15) is 19.8 Å². The third-order valence-electron chi connectivity index (χ3n) is 5.43. The second-order valence-electron chi connectivity index (χ2n) is 7.30. The molecular weight excluding hydrogens is 358 g/mol. The Labute approximate surface area is 162 Å². The lowest BCUT2D eigenvalue weighted by Gasteiger charge is -2.32. The molecule has 2 aromatic carbocycles. The summed E-state index contributed by atoms with van der Waals surface area (Å²) in [6.07, 6.45) is 2.39. The van der Waals surface area contributed by atoms with Crippen LogP contribution in [-0.2, 0) is 0 Å². The summed E-state index contributed by atoms with van der Waals surface area (Å²) in [6, 6.07) is 16.0. The van der Waals surface area contributed by atoms with Crippen molar-refractivity contribution in [2.75, 3.05) is 18.0 Å². The Balaban J connectivity index is 1.73. The van der Waals surface area contributed by atoms with Gasteiger partial charge in [-0.05, 0) is 43.0 Å². The van der Waals surface area contributed by atoms with Gasteiger partial charge in [0.15, 0.2) is 5.65 Å². The van der Waals surface area contributed by atoms with Crippen molar-refractivity contribution in [3.63, 3.8) is 0 Å². The molecule has 27 heavy (non-hydrogen) atoms. The highest BCUT2D eigenvalue weighted by molar-refractivity contribution is 6.30. The summed E-state index contributed by atoms with van der Waals surface area (Å²) in [5.74, 6) is 1.81. The Morgan fingerprint density at radius 2 is 1.74 bits per heavy atom. The molecule has 0 spiro atoms. The van der Waals surface area contributed by atoms with E-state index in [4.69, 9.17) is 16.6 Å². The molecule has 1 saturated heterocycles. The fourth-order valence-electron chi connectivity index (χ4n) is 3.80. The van der Waals surface area contributed by atoms with Crippen molar-refractivity contribution >= 4 is 34.0 Å². The summed E-state index contributed by atoms with van der Waals surface area (Å²) in [5, 5.41) is 10.7. The largest absolute Gasteiger partial charge is 0.356 e. The van der Waals surface area contributed by atoms with Crippen LogP contribution in [0.4, 0.5) is 5.82 Å². The zero-order chi connectivity index (χ0) is 18.4. The molecular formula is C21H20ClN5. The van der Waals surface area contributed by atoms with E-state index in [2.05, 4.69) is 40.3 Å². The van der Waals surface area contributed by atoms with Gasteiger partial charge in [0.2, 0.25) is 0 Å². The summed E-state index contributed by atoms with van der Waals surface area (Å²) in [6.45, 7) is 4.39. The van der Waals surface area contributed by atoms with E-state index < -0.39 is 0 Å². The predicted molar refractivity (Wildman–Crippen MR) is 109 cm³/mol. The van der Waals surface area contributed by atoms with E-state index in [1.54, 1.807) is 0 Å². The number of halogens is 1. The van der Waals surface area contributed by atoms with Crippen LogP contribution in [0.15, 0.2) is 48.5 Å². The normalized spacial score (nSPS) is 15.7. The van der Waals surface area contributed by atoms with Gasteiger partial charge in [-0.15, -0.1) is 5.10 Å². The van der Waals surface area contributed by atoms with Crippen molar-refractivity contribution in [1.82, 2.24) is 19.8 Å². The number of hydrogen-bond donors (Lipinski definition) is 0. The number of aromatic nitrogens is 4. The topological polar surface area (TPSA) is 46.3 Å². The van der Waals surface area contributed by atoms with Gasteiger partial charge in [0.25, 0.3) is 0 Å². The first kappa shape index (κ1) is 16.5. The highest BCUT2D eigenvalue weighted by Gasteiger charge is 2.22. The lowest BCUT2D eigenvalue weighted by atomic mass is 9.99. The number of rotatable bonds is 2. The monoisotopic (exact) mass is 377 g/mol. The van der Waals surface area contributed by atoms with Crippen molar-refractivity contribution in [2.45, 2.75) is 19.8 Å². The van der Waals surface area contributed by atoms with Crippen LogP contribution in [0.2, 0.25) is 5.02 Å². The molecule has 0 bridgehead atoms. The molecule has 4 aromatic rings. The lowest BCUT2D eigenvalue weighted by Crippen LogP contribution is -2.33. The van der Waals surface area contributed by atoms with Crippen molar-refractivity contribution in [3.8, 4) is 11.3 Å². The average Bonchev–Trinajstić information content (AvgIpc) is 3.13. The highest BCUT2D eigenvalue weighted by atomic mass is 35.5. The number of anilines is 1. The van der Waals surface area contributed by atoms with Gasteiger partial charge in [0.1, 0.15) is 11.5 Å². The summed E-state index contributed by atoms with van der Waals surface area (Å²) < 4.78 is 1.84. The van der Waals surface area contributed by atoms with E-state index in [1.165, 1.54) is 12.8 Å². The Bertz CT molecular complexity index is 1110. The predicted octanol–water partition coefficient (Wildman–Crippen LogP) is 4.83. The fourth-order valence-corrected chi connectivity index (χ4v) is 3.93. The molecule has 1 fully saturated rings. The summed E-state index contributed by atoms with van der Waals surface area (Å²) in [4.78, 5) is 7.45. The maximum atomic E-state index is 6.04. The molecule has 136 valence electrons. The van der Waals surface area contributed by atoms with E-state index in [9.17, 15) is 0 Å². The zero-order valence-corrected chi connectivity index (χ0v) is 15.9. The average molecular weight is 378 g/mol. The zero-order valence-electron chi connectivity index (χ0n) is 15.1. The van der Waals surface area contributed by atoms with Gasteiger partial charge in [-0.1, -0.05) is 48.0 Å². The van der Waals surface area contributed by atoms with Crippen LogP contribution in [0, 0.1) is 5.92 Å². The van der Waals surface area contributed by atoms with Crippen molar-refractivity contribution in [1.29, 1.82) is 0 Å². The maximum Gasteiger partial charge on any atom is 0.186 e. The van der Waals surface area contributed by atoms with Crippen LogP contribution in [0.5, 0.6) is 0 Å². The summed E-state index contributed by atoms with van der Waals surface area (Å²) in [7, 11) is 0. The second-order valence-corrected chi connectivity index (χ2v) is 7.74. The lowest BCUT2D eigenvalue weighted by molar-refractivity contribution is 0.437. The first-order valence-electron chi connectivity index (χ1n) is 9.36. The third-order valence-corrected chi connectivity index (χ3v) is 5.68. The number of nitrogens with zero attached hydrogens (tertiary/aromatic N) is 5. The molecule has 0 unspecified atom stereocenters. The van der Waals surface area contributed by atoms with Crippen LogP contribution in [0.3, 0.4) is 0 Å². The minimum atomic E-state index is 0.705. The molecule has 6 heteroatoms. The van der Waals surface area contributed by atoms with Crippen LogP contribution < -0.4 is 4.90 Å². The molecule has 1 aliphatic heterocycles. The SMILES string of the molecule is CC1CCN(c2nc3c(-c4ccc(Cl)cc4)nnn3c3ccccc23)CC1. The molecule has 0 aliphatic carbocycles. The smallest absolute Gasteiger partial charge is 0.186 e. The summed E-state index contributed by atoms with van der Waals surface area (Å²) in [5.41, 5.74) is 3.56. The van der Waals surface area contributed by atoms with Gasteiger partial charge in [-0.2, -0.15) is 4.52 Å². The molecule has 2 aromatic heterocycles. The third kappa shape index (κ3) is 2.82. The number of fused-ring (bicyclic) bond motifs is 3. The standard InChI is InChI=1S/C21H20ClN5/c1-14-10-12-26(13-11-14)20-17-4-2-3-5-18(17)27-21(23-20)19(24-25-27)15-6-8-16(22)9-7-15/h2-9,14H,10-13H2,1H3. The minimum Gasteiger partial charge on any atom is -0.356 e. The Hall–Kier alpha value is -2.66. The van der Waals surface area contributed by atoms with E-state index in [0.717, 1.165) is 52.6 Å². The van der Waals surface area contributed by atoms with Crippen molar-refractivity contribution < 1.29 is 0 Å². The molecule has 0 radical (unpaired) electrons. The highest BCUT2D eigenvalue weighted by Crippen LogP contribution is 2.32. The van der Waals surface area contributed by atoms with Crippen LogP contribution in [-0.4, -0.2) is 32.9 Å². The van der Waals surface area contributed by atoms with E-state index in [-0.39, 0.29) is 0 Å². The van der Waals surface area contributed by atoms with E-state index in [1.807, 2.05) is 34.8 Å². The van der Waals surface area contributed by atoms with E-state index >= 15 is 0 Å². The molecule has 0 saturated carbocycles. The number of para-hydroxylation sites is 1.